The average molecular weight is 270 g/mol. The Morgan fingerprint density at radius 2 is 2.05 bits per heavy atom. The van der Waals surface area contributed by atoms with Crippen LogP contribution in [0, 0.1) is 17.3 Å². The summed E-state index contributed by atoms with van der Waals surface area (Å²) in [6.07, 6.45) is 6.34. The van der Waals surface area contributed by atoms with Crippen LogP contribution in [0.3, 0.4) is 0 Å². The van der Waals surface area contributed by atoms with Gasteiger partial charge in [0, 0.05) is 11.8 Å². The largest absolute Gasteiger partial charge is 0.508 e. The highest BCUT2D eigenvalue weighted by Gasteiger charge is 2.54. The molecule has 2 saturated carbocycles. The summed E-state index contributed by atoms with van der Waals surface area (Å²) in [5.74, 6) is 2.78. The lowest BCUT2D eigenvalue weighted by molar-refractivity contribution is -0.129. The number of Topliss-reactive ketones (excluding diaryl/α,β-unsaturated/α-hetero) is 1. The first-order valence-electron chi connectivity index (χ1n) is 7.95. The zero-order valence-electron chi connectivity index (χ0n) is 12.1. The van der Waals surface area contributed by atoms with E-state index in [0.717, 1.165) is 32.1 Å². The number of phenolic OH excluding ortho intramolecular Hbond substituents is 1. The first-order valence-corrected chi connectivity index (χ1v) is 7.95. The van der Waals surface area contributed by atoms with Crippen LogP contribution in [0.4, 0.5) is 0 Å². The number of carbonyl (C=O) groups is 1. The monoisotopic (exact) mass is 270 g/mol. The summed E-state index contributed by atoms with van der Waals surface area (Å²) in [4.78, 5) is 12.3. The van der Waals surface area contributed by atoms with E-state index in [-0.39, 0.29) is 5.41 Å². The third-order valence-electron chi connectivity index (χ3n) is 6.42. The highest BCUT2D eigenvalue weighted by atomic mass is 16.3. The molecule has 0 aromatic heterocycles. The smallest absolute Gasteiger partial charge is 0.139 e. The van der Waals surface area contributed by atoms with Gasteiger partial charge in [0.25, 0.3) is 0 Å². The van der Waals surface area contributed by atoms with Crippen LogP contribution < -0.4 is 0 Å². The quantitative estimate of drug-likeness (QED) is 0.778. The van der Waals surface area contributed by atoms with E-state index in [4.69, 9.17) is 0 Å². The lowest BCUT2D eigenvalue weighted by atomic mass is 9.55. The Kier molecular flexibility index (Phi) is 2.55. The van der Waals surface area contributed by atoms with Crippen molar-refractivity contribution in [2.75, 3.05) is 0 Å². The number of carbonyl (C=O) groups excluding carboxylic acids is 1. The molecule has 0 amide bonds. The zero-order valence-corrected chi connectivity index (χ0v) is 12.1. The standard InChI is InChI=1S/C18H22O2/c1-18-9-8-14-13-5-3-12(19)10-11(13)2-4-15(14)16(18)6-7-17(18)20/h3,5,10,14-16,19H,2,4,6-9H2,1H3/t14-,15+,16-,18-/m0/s1. The van der Waals surface area contributed by atoms with E-state index in [9.17, 15) is 9.90 Å². The molecular weight excluding hydrogens is 248 g/mol. The van der Waals surface area contributed by atoms with Crippen molar-refractivity contribution < 1.29 is 9.90 Å². The number of fused-ring (bicyclic) bond motifs is 5. The maximum atomic E-state index is 12.3. The van der Waals surface area contributed by atoms with Crippen molar-refractivity contribution in [3.05, 3.63) is 29.3 Å². The molecule has 2 fully saturated rings. The second-order valence-electron chi connectivity index (χ2n) is 7.22. The number of ketones is 1. The topological polar surface area (TPSA) is 37.3 Å². The summed E-state index contributed by atoms with van der Waals surface area (Å²) in [7, 11) is 0. The molecule has 0 saturated heterocycles. The Balaban J connectivity index is 1.73. The van der Waals surface area contributed by atoms with Gasteiger partial charge in [0.05, 0.1) is 0 Å². The SMILES string of the molecule is C[C@]12CC[C@H]3c4ccc(O)cc4CC[C@H]3[C@@H]1CCC2=O. The van der Waals surface area contributed by atoms with Crippen LogP contribution in [-0.2, 0) is 11.2 Å². The van der Waals surface area contributed by atoms with E-state index in [1.807, 2.05) is 12.1 Å². The predicted octanol–water partition coefficient (Wildman–Crippen LogP) is 3.82. The van der Waals surface area contributed by atoms with E-state index in [1.165, 1.54) is 17.5 Å². The van der Waals surface area contributed by atoms with Crippen molar-refractivity contribution in [2.45, 2.75) is 51.4 Å². The van der Waals surface area contributed by atoms with Gasteiger partial charge in [-0.3, -0.25) is 4.79 Å². The van der Waals surface area contributed by atoms with Crippen molar-refractivity contribution in [1.82, 2.24) is 0 Å². The predicted molar refractivity (Wildman–Crippen MR) is 77.7 cm³/mol. The van der Waals surface area contributed by atoms with E-state index in [2.05, 4.69) is 13.0 Å². The Labute approximate surface area is 120 Å². The van der Waals surface area contributed by atoms with Crippen LogP contribution in [-0.4, -0.2) is 10.9 Å². The van der Waals surface area contributed by atoms with Crippen LogP contribution in [0.25, 0.3) is 0 Å². The molecule has 106 valence electrons. The number of rotatable bonds is 0. The second kappa shape index (κ2) is 4.09. The molecule has 1 N–H and O–H groups in total. The molecule has 1 aromatic carbocycles. The summed E-state index contributed by atoms with van der Waals surface area (Å²) >= 11 is 0. The van der Waals surface area contributed by atoms with Crippen molar-refractivity contribution in [3.8, 4) is 5.75 Å². The maximum absolute atomic E-state index is 12.3. The molecule has 20 heavy (non-hydrogen) atoms. The van der Waals surface area contributed by atoms with E-state index in [1.54, 1.807) is 0 Å². The molecule has 2 heteroatoms. The molecule has 3 aliphatic carbocycles. The van der Waals surface area contributed by atoms with Crippen LogP contribution in [0.1, 0.15) is 56.1 Å². The second-order valence-corrected chi connectivity index (χ2v) is 7.22. The molecule has 1 aromatic rings. The molecule has 2 nitrogen and oxygen atoms in total. The van der Waals surface area contributed by atoms with Gasteiger partial charge in [-0.05, 0) is 73.1 Å². The number of hydrogen-bond donors (Lipinski definition) is 1. The summed E-state index contributed by atoms with van der Waals surface area (Å²) in [6, 6.07) is 5.90. The fraction of sp³-hybridized carbons (Fsp3) is 0.611. The lowest BCUT2D eigenvalue weighted by Crippen LogP contribution is -2.42. The van der Waals surface area contributed by atoms with Crippen LogP contribution in [0.15, 0.2) is 18.2 Å². The van der Waals surface area contributed by atoms with E-state index in [0.29, 0.717) is 29.3 Å². The van der Waals surface area contributed by atoms with E-state index < -0.39 is 0 Å². The van der Waals surface area contributed by atoms with Gasteiger partial charge >= 0.3 is 0 Å². The van der Waals surface area contributed by atoms with Gasteiger partial charge in [0.2, 0.25) is 0 Å². The summed E-state index contributed by atoms with van der Waals surface area (Å²) < 4.78 is 0. The number of hydrogen-bond acceptors (Lipinski definition) is 2. The molecule has 4 rings (SSSR count). The molecule has 0 heterocycles. The molecule has 4 atom stereocenters. The summed E-state index contributed by atoms with van der Waals surface area (Å²) in [5.41, 5.74) is 2.75. The normalized spacial score (nSPS) is 39.0. The van der Waals surface area contributed by atoms with Gasteiger partial charge in [-0.25, -0.2) is 0 Å². The van der Waals surface area contributed by atoms with Crippen LogP contribution in [0.2, 0.25) is 0 Å². The zero-order chi connectivity index (χ0) is 13.9. The average Bonchev–Trinajstić information content (AvgIpc) is 2.74. The minimum absolute atomic E-state index is 0.0322. The van der Waals surface area contributed by atoms with Crippen molar-refractivity contribution >= 4 is 5.78 Å². The highest BCUT2D eigenvalue weighted by molar-refractivity contribution is 5.87. The Morgan fingerprint density at radius 3 is 2.90 bits per heavy atom. The minimum Gasteiger partial charge on any atom is -0.508 e. The number of benzene rings is 1. The molecule has 0 aliphatic heterocycles. The number of aryl methyl sites for hydroxylation is 1. The molecule has 0 spiro atoms. The fourth-order valence-corrected chi connectivity index (χ4v) is 5.34. The Bertz CT molecular complexity index is 577. The third kappa shape index (κ3) is 1.54. The van der Waals surface area contributed by atoms with Crippen LogP contribution in [0.5, 0.6) is 5.75 Å². The third-order valence-corrected chi connectivity index (χ3v) is 6.42. The lowest BCUT2D eigenvalue weighted by Gasteiger charge is -2.48. The molecule has 0 radical (unpaired) electrons. The Hall–Kier alpha value is -1.31. The van der Waals surface area contributed by atoms with Crippen LogP contribution >= 0.6 is 0 Å². The maximum Gasteiger partial charge on any atom is 0.139 e. The fourth-order valence-electron chi connectivity index (χ4n) is 5.34. The van der Waals surface area contributed by atoms with Gasteiger partial charge < -0.3 is 5.11 Å². The van der Waals surface area contributed by atoms with Crippen molar-refractivity contribution in [2.24, 2.45) is 17.3 Å². The van der Waals surface area contributed by atoms with Crippen molar-refractivity contribution in [1.29, 1.82) is 0 Å². The molecule has 3 aliphatic rings. The minimum atomic E-state index is -0.0322. The van der Waals surface area contributed by atoms with Crippen molar-refractivity contribution in [3.63, 3.8) is 0 Å². The summed E-state index contributed by atoms with van der Waals surface area (Å²) in [6.45, 7) is 2.22. The van der Waals surface area contributed by atoms with Gasteiger partial charge in [0.15, 0.2) is 0 Å². The number of phenols is 1. The van der Waals surface area contributed by atoms with E-state index >= 15 is 0 Å². The number of aromatic hydroxyl groups is 1. The molecule has 0 bridgehead atoms. The van der Waals surface area contributed by atoms with Gasteiger partial charge in [-0.1, -0.05) is 13.0 Å². The van der Waals surface area contributed by atoms with Gasteiger partial charge in [-0.2, -0.15) is 0 Å². The first kappa shape index (κ1) is 12.4. The summed E-state index contributed by atoms with van der Waals surface area (Å²) in [5, 5.41) is 9.67. The van der Waals surface area contributed by atoms with Gasteiger partial charge in [0.1, 0.15) is 11.5 Å². The Morgan fingerprint density at radius 1 is 1.20 bits per heavy atom. The molecular formula is C18H22O2. The first-order chi connectivity index (χ1) is 9.59. The molecule has 0 unspecified atom stereocenters. The van der Waals surface area contributed by atoms with Gasteiger partial charge in [-0.15, -0.1) is 0 Å². The highest BCUT2D eigenvalue weighted by Crippen LogP contribution is 2.59.